The number of nitrogens with zero attached hydrogens (tertiary/aromatic N) is 1. The molecule has 0 unspecified atom stereocenters. The number of likely N-dealkylation sites (N-methyl/N-ethyl adjacent to an activating group) is 1. The molecule has 39 heavy (non-hydrogen) atoms. The molecule has 0 saturated heterocycles. The quantitative estimate of drug-likeness (QED) is 0.155. The Labute approximate surface area is 227 Å². The number of benzene rings is 2. The van der Waals surface area contributed by atoms with E-state index in [-0.39, 0.29) is 41.7 Å². The van der Waals surface area contributed by atoms with Crippen molar-refractivity contribution in [1.82, 2.24) is 4.90 Å². The Hall–Kier alpha value is -3.65. The molecule has 0 heterocycles. The van der Waals surface area contributed by atoms with Crippen LogP contribution in [0.15, 0.2) is 47.4 Å². The molecule has 0 aliphatic rings. The van der Waals surface area contributed by atoms with Gasteiger partial charge in [-0.2, -0.15) is 0 Å². The number of aldehydes is 1. The number of ether oxygens (including phenoxy) is 3. The minimum absolute atomic E-state index is 0.0123. The molecule has 0 bridgehead atoms. The lowest BCUT2D eigenvalue weighted by molar-refractivity contribution is -0.138. The van der Waals surface area contributed by atoms with Crippen LogP contribution >= 0.6 is 0 Å². The Bertz CT molecular complexity index is 1250. The van der Waals surface area contributed by atoms with Gasteiger partial charge < -0.3 is 29.2 Å². The summed E-state index contributed by atoms with van der Waals surface area (Å²) in [5, 5.41) is 8.58. The van der Waals surface area contributed by atoms with E-state index in [1.54, 1.807) is 30.3 Å². The number of unbranched alkanes of at least 4 members (excludes halogenated alkanes) is 1. The van der Waals surface area contributed by atoms with Gasteiger partial charge in [0.05, 0.1) is 12.2 Å². The average Bonchev–Trinajstić information content (AvgIpc) is 2.89. The summed E-state index contributed by atoms with van der Waals surface area (Å²) in [7, 11) is -2.93. The molecular formula is C26H33N3O9S. The van der Waals surface area contributed by atoms with Gasteiger partial charge in [0.15, 0.2) is 17.3 Å². The van der Waals surface area contributed by atoms with Crippen molar-refractivity contribution >= 4 is 39.5 Å². The average molecular weight is 564 g/mol. The molecule has 2 aromatic rings. The number of hydrogen-bond donors (Lipinski definition) is 2. The zero-order valence-corrected chi connectivity index (χ0v) is 22.7. The topological polar surface area (TPSA) is 171 Å². The first-order valence-corrected chi connectivity index (χ1v) is 13.7. The van der Waals surface area contributed by atoms with Gasteiger partial charge in [-0.05, 0) is 30.7 Å². The second kappa shape index (κ2) is 15.7. The van der Waals surface area contributed by atoms with Crippen LogP contribution < -0.4 is 15.2 Å². The molecule has 0 radical (unpaired) electrons. The largest absolute Gasteiger partial charge is 0.454 e. The van der Waals surface area contributed by atoms with Crippen molar-refractivity contribution in [3.8, 4) is 11.5 Å². The van der Waals surface area contributed by atoms with Crippen molar-refractivity contribution in [3.63, 3.8) is 0 Å². The first-order chi connectivity index (χ1) is 18.6. The van der Waals surface area contributed by atoms with Gasteiger partial charge in [0.25, 0.3) is 0 Å². The molecule has 12 nitrogen and oxygen atoms in total. The summed E-state index contributed by atoms with van der Waals surface area (Å²) in [6.45, 7) is 0.642. The summed E-state index contributed by atoms with van der Waals surface area (Å²) in [5.41, 5.74) is 0.245. The molecule has 0 atom stereocenters. The monoisotopic (exact) mass is 563 g/mol. The Morgan fingerprint density at radius 3 is 2.41 bits per heavy atom. The number of nitrogens with one attached hydrogen (secondary N) is 1. The van der Waals surface area contributed by atoms with Crippen molar-refractivity contribution in [1.29, 1.82) is 0 Å². The van der Waals surface area contributed by atoms with Gasteiger partial charge in [-0.15, -0.1) is 0 Å². The molecule has 0 fully saturated rings. The van der Waals surface area contributed by atoms with Crippen molar-refractivity contribution in [2.75, 3.05) is 51.9 Å². The van der Waals surface area contributed by atoms with Crippen LogP contribution in [0.4, 0.5) is 5.69 Å². The molecule has 13 heteroatoms. The van der Waals surface area contributed by atoms with Gasteiger partial charge >= 0.3 is 0 Å². The molecule has 1 amide bonds. The Morgan fingerprint density at radius 1 is 1.05 bits per heavy atom. The zero-order chi connectivity index (χ0) is 28.8. The first kappa shape index (κ1) is 31.6. The van der Waals surface area contributed by atoms with Gasteiger partial charge in [-0.1, -0.05) is 31.5 Å². The molecule has 0 saturated carbocycles. The summed E-state index contributed by atoms with van der Waals surface area (Å²) >= 11 is 0. The number of ketones is 2. The van der Waals surface area contributed by atoms with E-state index in [0.717, 1.165) is 23.8 Å². The first-order valence-electron chi connectivity index (χ1n) is 12.1. The fraction of sp³-hybridized carbons (Fsp3) is 0.385. The SMILES string of the molecule is CCCCNc1cc(C(=O)COCC(=O)N(C)CC(=O)COCC=O)cc(S(N)(=O)=O)c1Oc1ccccc1. The highest BCUT2D eigenvalue weighted by molar-refractivity contribution is 7.89. The van der Waals surface area contributed by atoms with Crippen LogP contribution in [0.25, 0.3) is 0 Å². The minimum Gasteiger partial charge on any atom is -0.454 e. The molecule has 3 N–H and O–H groups in total. The fourth-order valence-electron chi connectivity index (χ4n) is 3.26. The number of amides is 1. The van der Waals surface area contributed by atoms with Crippen LogP contribution in [0.3, 0.4) is 0 Å². The number of carbonyl (C=O) groups is 4. The number of hydrogen-bond acceptors (Lipinski definition) is 10. The standard InChI is InChI=1S/C26H33N3O9S/c1-3-4-10-28-22-13-19(14-24(39(27,34)35)26(22)38-21-8-6-5-7-9-21)23(32)17-37-18-25(33)29(2)15-20(31)16-36-12-11-30/h5-9,11,13-14,28H,3-4,10,12,15-18H2,1-2H3,(H2,27,34,35). The van der Waals surface area contributed by atoms with E-state index in [0.29, 0.717) is 18.6 Å². The molecule has 0 aromatic heterocycles. The van der Waals surface area contributed by atoms with Crippen LogP contribution in [-0.2, 0) is 33.9 Å². The molecule has 0 aliphatic heterocycles. The molecule has 0 spiro atoms. The van der Waals surface area contributed by atoms with Gasteiger partial charge in [0, 0.05) is 19.2 Å². The van der Waals surface area contributed by atoms with E-state index in [2.05, 4.69) is 5.32 Å². The zero-order valence-electron chi connectivity index (χ0n) is 21.9. The summed E-state index contributed by atoms with van der Waals surface area (Å²) in [5.74, 6) is -1.25. The molecule has 2 rings (SSSR count). The van der Waals surface area contributed by atoms with Crippen molar-refractivity contribution < 1.29 is 41.8 Å². The highest BCUT2D eigenvalue weighted by atomic mass is 32.2. The van der Waals surface area contributed by atoms with E-state index < -0.39 is 40.7 Å². The normalized spacial score (nSPS) is 11.1. The number of carbonyl (C=O) groups excluding carboxylic acids is 4. The molecular weight excluding hydrogens is 530 g/mol. The number of para-hydroxylation sites is 1. The van der Waals surface area contributed by atoms with Crippen molar-refractivity contribution in [2.45, 2.75) is 24.7 Å². The van der Waals surface area contributed by atoms with Crippen molar-refractivity contribution in [3.05, 3.63) is 48.0 Å². The summed E-state index contributed by atoms with van der Waals surface area (Å²) in [6, 6.07) is 11.1. The maximum Gasteiger partial charge on any atom is 0.248 e. The van der Waals surface area contributed by atoms with Gasteiger partial charge in [0.1, 0.15) is 43.4 Å². The molecule has 212 valence electrons. The van der Waals surface area contributed by atoms with Gasteiger partial charge in [-0.25, -0.2) is 13.6 Å². The Morgan fingerprint density at radius 2 is 1.77 bits per heavy atom. The highest BCUT2D eigenvalue weighted by Gasteiger charge is 2.24. The molecule has 0 aliphatic carbocycles. The van der Waals surface area contributed by atoms with E-state index in [1.165, 1.54) is 13.1 Å². The second-order valence-corrected chi connectivity index (χ2v) is 10.0. The summed E-state index contributed by atoms with van der Waals surface area (Å²) < 4.78 is 40.9. The number of sulfonamides is 1. The predicted octanol–water partition coefficient (Wildman–Crippen LogP) is 1.78. The minimum atomic E-state index is -4.31. The maximum atomic E-state index is 12.9. The third-order valence-corrected chi connectivity index (χ3v) is 6.16. The fourth-order valence-corrected chi connectivity index (χ4v) is 3.96. The number of nitrogens with two attached hydrogens (primary N) is 1. The van der Waals surface area contributed by atoms with Crippen LogP contribution in [0.2, 0.25) is 0 Å². The third-order valence-electron chi connectivity index (χ3n) is 5.24. The highest BCUT2D eigenvalue weighted by Crippen LogP contribution is 2.37. The third kappa shape index (κ3) is 10.6. The lowest BCUT2D eigenvalue weighted by atomic mass is 10.1. The second-order valence-electron chi connectivity index (χ2n) is 8.48. The van der Waals surface area contributed by atoms with Gasteiger partial charge in [-0.3, -0.25) is 14.4 Å². The van der Waals surface area contributed by atoms with E-state index in [1.807, 2.05) is 6.92 Å². The van der Waals surface area contributed by atoms with E-state index >= 15 is 0 Å². The van der Waals surface area contributed by atoms with Crippen LogP contribution in [0.5, 0.6) is 11.5 Å². The van der Waals surface area contributed by atoms with Gasteiger partial charge in [0.2, 0.25) is 15.9 Å². The number of anilines is 1. The Kier molecular flexibility index (Phi) is 12.7. The van der Waals surface area contributed by atoms with Crippen LogP contribution in [0, 0.1) is 0 Å². The maximum absolute atomic E-state index is 12.9. The number of primary sulfonamides is 1. The lowest BCUT2D eigenvalue weighted by Gasteiger charge is -2.18. The lowest BCUT2D eigenvalue weighted by Crippen LogP contribution is -2.36. The number of rotatable bonds is 18. The smallest absolute Gasteiger partial charge is 0.248 e. The van der Waals surface area contributed by atoms with E-state index in [9.17, 15) is 27.6 Å². The van der Waals surface area contributed by atoms with E-state index in [4.69, 9.17) is 19.3 Å². The van der Waals surface area contributed by atoms with Crippen molar-refractivity contribution in [2.24, 2.45) is 5.14 Å². The summed E-state index contributed by atoms with van der Waals surface area (Å²) in [6.07, 6.45) is 2.15. The van der Waals surface area contributed by atoms with Crippen LogP contribution in [-0.4, -0.2) is 83.6 Å². The number of Topliss-reactive ketones (excluding diaryl/α,β-unsaturated/α-hetero) is 2. The van der Waals surface area contributed by atoms with Crippen LogP contribution in [0.1, 0.15) is 30.1 Å². The predicted molar refractivity (Wildman–Crippen MR) is 142 cm³/mol. The summed E-state index contributed by atoms with van der Waals surface area (Å²) in [4.78, 5) is 47.9. The Balaban J connectivity index is 2.17. The molecule has 2 aromatic carbocycles.